The van der Waals surface area contributed by atoms with Gasteiger partial charge in [0.2, 0.25) is 0 Å². The van der Waals surface area contributed by atoms with Gasteiger partial charge in [-0.25, -0.2) is 9.07 Å². The second-order valence-corrected chi connectivity index (χ2v) is 9.97. The van der Waals surface area contributed by atoms with E-state index < -0.39 is 0 Å². The van der Waals surface area contributed by atoms with Crippen molar-refractivity contribution >= 4 is 16.6 Å². The zero-order valence-electron chi connectivity index (χ0n) is 20.4. The molecule has 186 valence electrons. The number of aromatic amines is 1. The summed E-state index contributed by atoms with van der Waals surface area (Å²) in [4.78, 5) is 21.1. The Kier molecular flexibility index (Phi) is 6.00. The summed E-state index contributed by atoms with van der Waals surface area (Å²) in [6, 6.07) is 14.6. The van der Waals surface area contributed by atoms with E-state index in [1.165, 1.54) is 25.0 Å². The number of nitrogens with one attached hydrogen (secondary N) is 1. The molecule has 3 heterocycles. The summed E-state index contributed by atoms with van der Waals surface area (Å²) in [6.07, 6.45) is 4.44. The van der Waals surface area contributed by atoms with Crippen molar-refractivity contribution in [1.82, 2.24) is 30.1 Å². The third-order valence-corrected chi connectivity index (χ3v) is 7.63. The fourth-order valence-corrected chi connectivity index (χ4v) is 5.72. The molecule has 2 fully saturated rings. The van der Waals surface area contributed by atoms with E-state index in [9.17, 15) is 9.18 Å². The molecule has 36 heavy (non-hydrogen) atoms. The lowest BCUT2D eigenvalue weighted by Gasteiger charge is -2.39. The van der Waals surface area contributed by atoms with E-state index in [0.717, 1.165) is 67.0 Å². The summed E-state index contributed by atoms with van der Waals surface area (Å²) in [5.74, 6) is 0.497. The van der Waals surface area contributed by atoms with E-state index in [1.54, 1.807) is 0 Å². The maximum absolute atomic E-state index is 13.4. The fraction of sp³-hybridized carbons (Fsp3) is 0.407. The molecule has 0 unspecified atom stereocenters. The lowest BCUT2D eigenvalue weighted by molar-refractivity contribution is 0.197. The van der Waals surface area contributed by atoms with Crippen LogP contribution in [0, 0.1) is 12.7 Å². The Morgan fingerprint density at radius 2 is 1.75 bits per heavy atom. The molecule has 1 N–H and O–H groups in total. The highest BCUT2D eigenvalue weighted by Crippen LogP contribution is 2.34. The summed E-state index contributed by atoms with van der Waals surface area (Å²) in [7, 11) is 0. The van der Waals surface area contributed by atoms with Crippen molar-refractivity contribution in [2.45, 2.75) is 44.7 Å². The topological polar surface area (TPSA) is 82.9 Å². The predicted molar refractivity (Wildman–Crippen MR) is 137 cm³/mol. The van der Waals surface area contributed by atoms with Gasteiger partial charge in [-0.05, 0) is 78.0 Å². The molecule has 6 rings (SSSR count). The van der Waals surface area contributed by atoms with Crippen LogP contribution in [0.1, 0.15) is 54.7 Å². The van der Waals surface area contributed by atoms with E-state index in [0.29, 0.717) is 5.56 Å². The van der Waals surface area contributed by atoms with Gasteiger partial charge in [-0.15, -0.1) is 5.10 Å². The number of rotatable bonds is 5. The number of H-pyrrole nitrogens is 1. The Hall–Kier alpha value is -3.59. The van der Waals surface area contributed by atoms with Crippen LogP contribution in [-0.4, -0.2) is 56.3 Å². The summed E-state index contributed by atoms with van der Waals surface area (Å²) < 4.78 is 15.4. The number of hydrogen-bond acceptors (Lipinski definition) is 6. The maximum Gasteiger partial charge on any atom is 0.253 e. The molecule has 0 amide bonds. The Morgan fingerprint density at radius 3 is 2.50 bits per heavy atom. The molecular weight excluding hydrogens is 457 g/mol. The van der Waals surface area contributed by atoms with Gasteiger partial charge in [0.15, 0.2) is 5.82 Å². The van der Waals surface area contributed by atoms with Crippen molar-refractivity contribution in [3.05, 3.63) is 81.7 Å². The number of halogens is 1. The fourth-order valence-electron chi connectivity index (χ4n) is 5.72. The van der Waals surface area contributed by atoms with Gasteiger partial charge < -0.3 is 9.88 Å². The zero-order valence-corrected chi connectivity index (χ0v) is 20.4. The average Bonchev–Trinajstić information content (AvgIpc) is 3.58. The van der Waals surface area contributed by atoms with E-state index in [2.05, 4.69) is 43.3 Å². The van der Waals surface area contributed by atoms with Gasteiger partial charge in [-0.3, -0.25) is 9.69 Å². The normalized spacial score (nSPS) is 18.2. The molecule has 0 spiro atoms. The summed E-state index contributed by atoms with van der Waals surface area (Å²) in [6.45, 7) is 5.03. The lowest BCUT2D eigenvalue weighted by atomic mass is 10.0. The van der Waals surface area contributed by atoms with E-state index in [4.69, 9.17) is 0 Å². The first-order valence-electron chi connectivity index (χ1n) is 12.7. The highest BCUT2D eigenvalue weighted by Gasteiger charge is 2.34. The number of fused-ring (bicyclic) bond motifs is 1. The predicted octanol–water partition coefficient (Wildman–Crippen LogP) is 3.99. The van der Waals surface area contributed by atoms with Gasteiger partial charge in [0.05, 0.1) is 6.04 Å². The van der Waals surface area contributed by atoms with Crippen LogP contribution in [0.5, 0.6) is 0 Å². The molecule has 1 saturated heterocycles. The Balaban J connectivity index is 1.38. The number of pyridine rings is 1. The first-order chi connectivity index (χ1) is 17.6. The summed E-state index contributed by atoms with van der Waals surface area (Å²) in [5.41, 5.74) is 3.52. The third kappa shape index (κ3) is 4.28. The van der Waals surface area contributed by atoms with Crippen molar-refractivity contribution in [3.8, 4) is 0 Å². The standard InChI is InChI=1S/C27H30FN7O/c1-18-6-11-24-19(16-18)17-23(27(36)29-24)25(26-30-31-32-35(26)22-4-2-3-5-22)34-14-12-33(13-15-34)21-9-7-20(28)8-10-21/h6-11,16-17,22,25H,2-5,12-15H2,1H3,(H,29,36)/t25-/m0/s1. The van der Waals surface area contributed by atoms with Gasteiger partial charge in [0, 0.05) is 42.9 Å². The number of piperazine rings is 1. The minimum Gasteiger partial charge on any atom is -0.369 e. The molecule has 1 aliphatic carbocycles. The monoisotopic (exact) mass is 487 g/mol. The summed E-state index contributed by atoms with van der Waals surface area (Å²) >= 11 is 0. The van der Waals surface area contributed by atoms with Crippen molar-refractivity contribution in [2.75, 3.05) is 31.1 Å². The van der Waals surface area contributed by atoms with Crippen molar-refractivity contribution < 1.29 is 4.39 Å². The largest absolute Gasteiger partial charge is 0.369 e. The molecule has 2 aliphatic rings. The minimum absolute atomic E-state index is 0.113. The average molecular weight is 488 g/mol. The van der Waals surface area contributed by atoms with Crippen LogP contribution in [0.3, 0.4) is 0 Å². The number of aryl methyl sites for hydroxylation is 1. The van der Waals surface area contributed by atoms with Gasteiger partial charge in [0.25, 0.3) is 5.56 Å². The van der Waals surface area contributed by atoms with Crippen LogP contribution in [0.25, 0.3) is 10.9 Å². The van der Waals surface area contributed by atoms with Crippen LogP contribution in [0.4, 0.5) is 10.1 Å². The molecule has 8 nitrogen and oxygen atoms in total. The number of tetrazole rings is 1. The van der Waals surface area contributed by atoms with Crippen molar-refractivity contribution in [2.24, 2.45) is 0 Å². The van der Waals surface area contributed by atoms with Crippen molar-refractivity contribution in [3.63, 3.8) is 0 Å². The van der Waals surface area contributed by atoms with Crippen LogP contribution in [0.2, 0.25) is 0 Å². The molecule has 1 atom stereocenters. The van der Waals surface area contributed by atoms with E-state index in [-0.39, 0.29) is 23.5 Å². The molecule has 2 aromatic carbocycles. The summed E-state index contributed by atoms with van der Waals surface area (Å²) in [5, 5.41) is 13.9. The zero-order chi connectivity index (χ0) is 24.6. The molecule has 0 bridgehead atoms. The third-order valence-electron chi connectivity index (χ3n) is 7.63. The SMILES string of the molecule is Cc1ccc2[nH]c(=O)c([C@@H](c3nnnn3C3CCCC3)N3CCN(c4ccc(F)cc4)CC3)cc2c1. The van der Waals surface area contributed by atoms with Crippen LogP contribution < -0.4 is 10.5 Å². The number of hydrogen-bond donors (Lipinski definition) is 1. The smallest absolute Gasteiger partial charge is 0.253 e. The van der Waals surface area contributed by atoms with Crippen molar-refractivity contribution in [1.29, 1.82) is 0 Å². The Morgan fingerprint density at radius 1 is 1.00 bits per heavy atom. The first-order valence-corrected chi connectivity index (χ1v) is 12.7. The Bertz CT molecular complexity index is 1420. The molecule has 1 saturated carbocycles. The quantitative estimate of drug-likeness (QED) is 0.458. The molecule has 1 aliphatic heterocycles. The molecular formula is C27H30FN7O. The van der Waals surface area contributed by atoms with E-state index >= 15 is 0 Å². The maximum atomic E-state index is 13.4. The molecule has 9 heteroatoms. The highest BCUT2D eigenvalue weighted by molar-refractivity contribution is 5.79. The van der Waals surface area contributed by atoms with Crippen LogP contribution >= 0.6 is 0 Å². The number of aromatic nitrogens is 5. The van der Waals surface area contributed by atoms with Gasteiger partial charge in [-0.1, -0.05) is 24.5 Å². The second-order valence-electron chi connectivity index (χ2n) is 9.97. The number of nitrogens with zero attached hydrogens (tertiary/aromatic N) is 6. The second kappa shape index (κ2) is 9.46. The first kappa shape index (κ1) is 22.8. The Labute approximate surface area is 208 Å². The van der Waals surface area contributed by atoms with Gasteiger partial charge >= 0.3 is 0 Å². The molecule has 2 aromatic heterocycles. The molecule has 4 aromatic rings. The lowest BCUT2D eigenvalue weighted by Crippen LogP contribution is -2.49. The minimum atomic E-state index is -0.357. The number of anilines is 1. The van der Waals surface area contributed by atoms with Gasteiger partial charge in [-0.2, -0.15) is 0 Å². The highest BCUT2D eigenvalue weighted by atomic mass is 19.1. The number of benzene rings is 2. The van der Waals surface area contributed by atoms with E-state index in [1.807, 2.05) is 35.0 Å². The van der Waals surface area contributed by atoms with Gasteiger partial charge in [0.1, 0.15) is 11.9 Å². The van der Waals surface area contributed by atoms with Crippen LogP contribution in [-0.2, 0) is 0 Å². The molecule has 0 radical (unpaired) electrons. The van der Waals surface area contributed by atoms with Crippen LogP contribution in [0.15, 0.2) is 53.3 Å².